The van der Waals surface area contributed by atoms with Gasteiger partial charge in [0.15, 0.2) is 5.58 Å². The minimum absolute atomic E-state index is 0.104. The van der Waals surface area contributed by atoms with E-state index in [-0.39, 0.29) is 17.5 Å². The van der Waals surface area contributed by atoms with Gasteiger partial charge in [-0.25, -0.2) is 4.79 Å². The van der Waals surface area contributed by atoms with Gasteiger partial charge in [0.1, 0.15) is 15.6 Å². The third-order valence-corrected chi connectivity index (χ3v) is 7.31. The Kier molecular flexibility index (Phi) is 6.68. The fourth-order valence-corrected chi connectivity index (χ4v) is 5.36. The Bertz CT molecular complexity index is 1580. The Morgan fingerprint density at radius 2 is 1.97 bits per heavy atom. The number of nitrogens with two attached hydrogens (primary N) is 1. The number of amides is 1. The molecule has 4 aromatic rings. The van der Waals surface area contributed by atoms with Crippen LogP contribution in [0.4, 0.5) is 6.01 Å². The van der Waals surface area contributed by atoms with Crippen molar-refractivity contribution in [3.8, 4) is 16.9 Å². The van der Waals surface area contributed by atoms with Crippen molar-refractivity contribution in [1.82, 2.24) is 9.88 Å². The molecular formula is C27H21N3O5S2. The van der Waals surface area contributed by atoms with Crippen molar-refractivity contribution in [2.75, 3.05) is 19.4 Å². The Balaban J connectivity index is 1.36. The van der Waals surface area contributed by atoms with Gasteiger partial charge in [-0.1, -0.05) is 48.2 Å². The number of thioether (sulfide) groups is 1. The summed E-state index contributed by atoms with van der Waals surface area (Å²) in [6.45, 7) is 0.406. The summed E-state index contributed by atoms with van der Waals surface area (Å²) in [5, 5.41) is 9.05. The van der Waals surface area contributed by atoms with Crippen molar-refractivity contribution in [3.63, 3.8) is 0 Å². The summed E-state index contributed by atoms with van der Waals surface area (Å²) < 4.78 is 11.4. The van der Waals surface area contributed by atoms with Gasteiger partial charge in [-0.2, -0.15) is 4.98 Å². The zero-order chi connectivity index (χ0) is 26.1. The summed E-state index contributed by atoms with van der Waals surface area (Å²) in [7, 11) is 1.60. The second-order valence-corrected chi connectivity index (χ2v) is 9.96. The summed E-state index contributed by atoms with van der Waals surface area (Å²) in [4.78, 5) is 30.5. The normalized spacial score (nSPS) is 14.6. The molecule has 3 aromatic carbocycles. The molecular weight excluding hydrogens is 510 g/mol. The predicted molar refractivity (Wildman–Crippen MR) is 147 cm³/mol. The van der Waals surface area contributed by atoms with Crippen LogP contribution in [0.1, 0.15) is 21.5 Å². The van der Waals surface area contributed by atoms with Crippen LogP contribution in [0, 0.1) is 0 Å². The summed E-state index contributed by atoms with van der Waals surface area (Å²) >= 11 is 6.73. The van der Waals surface area contributed by atoms with E-state index in [1.165, 1.54) is 11.8 Å². The van der Waals surface area contributed by atoms with E-state index in [0.717, 1.165) is 22.3 Å². The van der Waals surface area contributed by atoms with E-state index >= 15 is 0 Å². The molecule has 0 radical (unpaired) electrons. The van der Waals surface area contributed by atoms with Crippen LogP contribution in [0.2, 0.25) is 0 Å². The summed E-state index contributed by atoms with van der Waals surface area (Å²) in [6.07, 6.45) is 2.37. The highest BCUT2D eigenvalue weighted by Crippen LogP contribution is 2.36. The lowest BCUT2D eigenvalue weighted by Gasteiger charge is -2.14. The quantitative estimate of drug-likeness (QED) is 0.244. The number of aromatic carboxylic acids is 1. The van der Waals surface area contributed by atoms with Gasteiger partial charge in [0.2, 0.25) is 0 Å². The number of rotatable bonds is 7. The number of nitrogen functional groups attached to an aromatic ring is 1. The first-order chi connectivity index (χ1) is 17.8. The number of carbonyl (C=O) groups excluding carboxylic acids is 1. The summed E-state index contributed by atoms with van der Waals surface area (Å²) in [5.74, 6) is -0.456. The molecule has 5 rings (SSSR count). The third-order valence-electron chi connectivity index (χ3n) is 5.93. The molecule has 1 saturated heterocycles. The van der Waals surface area contributed by atoms with Crippen molar-refractivity contribution < 1.29 is 23.8 Å². The lowest BCUT2D eigenvalue weighted by Crippen LogP contribution is -2.30. The Labute approximate surface area is 221 Å². The Morgan fingerprint density at radius 1 is 1.19 bits per heavy atom. The number of nitrogens with zero attached hydrogens (tertiary/aromatic N) is 2. The van der Waals surface area contributed by atoms with Gasteiger partial charge in [-0.05, 0) is 65.6 Å². The molecule has 1 fully saturated rings. The van der Waals surface area contributed by atoms with Crippen LogP contribution in [0.3, 0.4) is 0 Å². The van der Waals surface area contributed by atoms with Gasteiger partial charge in [0.05, 0.1) is 17.6 Å². The maximum absolute atomic E-state index is 13.1. The summed E-state index contributed by atoms with van der Waals surface area (Å²) in [6, 6.07) is 18.0. The van der Waals surface area contributed by atoms with E-state index in [1.807, 2.05) is 36.4 Å². The summed E-state index contributed by atoms with van der Waals surface area (Å²) in [5.41, 5.74) is 10.6. The number of carboxylic acids is 1. The molecule has 3 N–H and O–H groups in total. The molecule has 0 saturated carbocycles. The molecule has 1 aliphatic heterocycles. The van der Waals surface area contributed by atoms with Crippen LogP contribution in [0.25, 0.3) is 28.3 Å². The van der Waals surface area contributed by atoms with Crippen molar-refractivity contribution in [2.45, 2.75) is 6.42 Å². The second kappa shape index (κ2) is 10.1. The Hall–Kier alpha value is -4.15. The number of ether oxygens (including phenoxy) is 1. The van der Waals surface area contributed by atoms with Gasteiger partial charge < -0.3 is 20.0 Å². The smallest absolute Gasteiger partial charge is 0.335 e. The maximum Gasteiger partial charge on any atom is 0.335 e. The highest BCUT2D eigenvalue weighted by atomic mass is 32.2. The molecule has 2 heterocycles. The van der Waals surface area contributed by atoms with E-state index in [4.69, 9.17) is 32.2 Å². The van der Waals surface area contributed by atoms with Crippen LogP contribution in [-0.2, 0) is 11.2 Å². The lowest BCUT2D eigenvalue weighted by atomic mass is 10.0. The van der Waals surface area contributed by atoms with Crippen LogP contribution in [-0.4, -0.2) is 44.8 Å². The number of hydrogen-bond acceptors (Lipinski definition) is 8. The van der Waals surface area contributed by atoms with E-state index in [9.17, 15) is 9.59 Å². The SMILES string of the molecule is COc1ccc(C=C2SC(=S)N(CCc3ccc(C(=O)O)cc3)C2=O)cc1-c1ccc2oc(N)nc2c1. The van der Waals surface area contributed by atoms with Gasteiger partial charge >= 0.3 is 5.97 Å². The second-order valence-electron chi connectivity index (χ2n) is 8.28. The number of anilines is 1. The van der Waals surface area contributed by atoms with Gasteiger partial charge in [0, 0.05) is 12.1 Å². The number of carbonyl (C=O) groups is 2. The van der Waals surface area contributed by atoms with Crippen LogP contribution in [0.15, 0.2) is 70.0 Å². The standard InChI is InChI=1S/C27H21N3O5S2/c1-34-21-8-4-16(12-19(21)18-7-9-22-20(14-18)29-26(28)35-22)13-23-24(31)30(27(36)37-23)11-10-15-2-5-17(6-3-15)25(32)33/h2-9,12-14H,10-11H2,1H3,(H2,28,29)(H,32,33). The molecule has 0 aliphatic carbocycles. The average Bonchev–Trinajstić information content (AvgIpc) is 3.39. The number of methoxy groups -OCH3 is 1. The Morgan fingerprint density at radius 3 is 2.70 bits per heavy atom. The fraction of sp³-hybridized carbons (Fsp3) is 0.111. The number of oxazole rings is 1. The molecule has 8 nitrogen and oxygen atoms in total. The third kappa shape index (κ3) is 5.07. The van der Waals surface area contributed by atoms with E-state index in [2.05, 4.69) is 4.98 Å². The average molecular weight is 532 g/mol. The van der Waals surface area contributed by atoms with Crippen LogP contribution >= 0.6 is 24.0 Å². The van der Waals surface area contributed by atoms with E-state index in [1.54, 1.807) is 42.3 Å². The molecule has 0 atom stereocenters. The van der Waals surface area contributed by atoms with Crippen molar-refractivity contribution in [2.24, 2.45) is 0 Å². The first-order valence-corrected chi connectivity index (χ1v) is 12.5. The number of hydrogen-bond donors (Lipinski definition) is 2. The van der Waals surface area contributed by atoms with Gasteiger partial charge in [-0.15, -0.1) is 0 Å². The first-order valence-electron chi connectivity index (χ1n) is 11.2. The number of thiocarbonyl (C=S) groups is 1. The largest absolute Gasteiger partial charge is 0.496 e. The van der Waals surface area contributed by atoms with E-state index < -0.39 is 5.97 Å². The topological polar surface area (TPSA) is 119 Å². The number of benzene rings is 3. The fourth-order valence-electron chi connectivity index (χ4n) is 4.05. The molecule has 1 aliphatic rings. The molecule has 37 heavy (non-hydrogen) atoms. The molecule has 186 valence electrons. The van der Waals surface area contributed by atoms with E-state index in [0.29, 0.717) is 39.0 Å². The number of fused-ring (bicyclic) bond motifs is 1. The molecule has 0 bridgehead atoms. The van der Waals surface area contributed by atoms with Crippen LogP contribution < -0.4 is 10.5 Å². The van der Waals surface area contributed by atoms with Gasteiger partial charge in [-0.3, -0.25) is 9.69 Å². The highest BCUT2D eigenvalue weighted by molar-refractivity contribution is 8.26. The van der Waals surface area contributed by atoms with Crippen molar-refractivity contribution >= 4 is 63.4 Å². The first kappa shape index (κ1) is 24.5. The number of aromatic nitrogens is 1. The maximum atomic E-state index is 13.1. The van der Waals surface area contributed by atoms with Crippen molar-refractivity contribution in [3.05, 3.63) is 82.3 Å². The number of carboxylic acid groups (broad SMARTS) is 1. The molecule has 1 amide bonds. The minimum Gasteiger partial charge on any atom is -0.496 e. The molecule has 10 heteroatoms. The molecule has 0 unspecified atom stereocenters. The monoisotopic (exact) mass is 531 g/mol. The molecule has 1 aromatic heterocycles. The zero-order valence-electron chi connectivity index (χ0n) is 19.6. The highest BCUT2D eigenvalue weighted by Gasteiger charge is 2.31. The predicted octanol–water partition coefficient (Wildman–Crippen LogP) is 5.23. The van der Waals surface area contributed by atoms with Crippen molar-refractivity contribution in [1.29, 1.82) is 0 Å². The molecule has 0 spiro atoms. The minimum atomic E-state index is -0.973. The van der Waals surface area contributed by atoms with Gasteiger partial charge in [0.25, 0.3) is 11.9 Å². The lowest BCUT2D eigenvalue weighted by molar-refractivity contribution is -0.122. The van der Waals surface area contributed by atoms with Crippen LogP contribution in [0.5, 0.6) is 5.75 Å². The zero-order valence-corrected chi connectivity index (χ0v) is 21.3.